The summed E-state index contributed by atoms with van der Waals surface area (Å²) in [6.07, 6.45) is 3.04. The molecule has 0 aliphatic rings. The highest BCUT2D eigenvalue weighted by Gasteiger charge is 2.01. The lowest BCUT2D eigenvalue weighted by atomic mass is 10.2. The third-order valence-corrected chi connectivity index (χ3v) is 2.23. The first kappa shape index (κ1) is 13.7. The van der Waals surface area contributed by atoms with Crippen LogP contribution in [0.2, 0.25) is 0 Å². The Balaban J connectivity index is 1.88. The molecule has 20 heavy (non-hydrogen) atoms. The number of amides is 1. The standard InChI is InChI=1S/C12H13N5O3/c1-19-8-20-10-5-2-9(3-6-10)4-7-11(18)13-12-14-16-17-15-12/h2-7H,8H2,1H3,(H2,13,14,15,16,17,18)/b7-4+. The summed E-state index contributed by atoms with van der Waals surface area (Å²) in [6, 6.07) is 7.22. The number of hydrogen-bond acceptors (Lipinski definition) is 6. The first-order valence-corrected chi connectivity index (χ1v) is 5.72. The Morgan fingerprint density at radius 2 is 2.20 bits per heavy atom. The number of nitrogens with zero attached hydrogens (tertiary/aromatic N) is 3. The molecule has 1 aromatic heterocycles. The Kier molecular flexibility index (Phi) is 4.79. The number of nitrogens with one attached hydrogen (secondary N) is 2. The number of anilines is 1. The van der Waals surface area contributed by atoms with E-state index in [0.29, 0.717) is 5.75 Å². The second-order valence-corrected chi connectivity index (χ2v) is 3.68. The zero-order valence-corrected chi connectivity index (χ0v) is 10.7. The van der Waals surface area contributed by atoms with Crippen molar-refractivity contribution in [2.24, 2.45) is 0 Å². The molecule has 2 aromatic rings. The van der Waals surface area contributed by atoms with Gasteiger partial charge in [0, 0.05) is 13.2 Å². The van der Waals surface area contributed by atoms with Gasteiger partial charge in [0.25, 0.3) is 11.9 Å². The highest BCUT2D eigenvalue weighted by Crippen LogP contribution is 2.13. The number of carbonyl (C=O) groups is 1. The third-order valence-electron chi connectivity index (χ3n) is 2.23. The number of aromatic amines is 1. The molecule has 8 heteroatoms. The molecule has 0 spiro atoms. The van der Waals surface area contributed by atoms with Crippen LogP contribution in [0, 0.1) is 0 Å². The second-order valence-electron chi connectivity index (χ2n) is 3.68. The van der Waals surface area contributed by atoms with Crippen molar-refractivity contribution in [1.29, 1.82) is 0 Å². The van der Waals surface area contributed by atoms with Crippen molar-refractivity contribution in [3.8, 4) is 5.75 Å². The molecule has 0 saturated heterocycles. The van der Waals surface area contributed by atoms with Crippen LogP contribution in [0.15, 0.2) is 30.3 Å². The van der Waals surface area contributed by atoms with E-state index in [0.717, 1.165) is 5.56 Å². The fourth-order valence-corrected chi connectivity index (χ4v) is 1.34. The molecule has 0 radical (unpaired) electrons. The third kappa shape index (κ3) is 4.18. The highest BCUT2D eigenvalue weighted by molar-refractivity contribution is 6.00. The lowest BCUT2D eigenvalue weighted by molar-refractivity contribution is -0.111. The topological polar surface area (TPSA) is 102 Å². The molecule has 0 atom stereocenters. The van der Waals surface area contributed by atoms with Crippen LogP contribution >= 0.6 is 0 Å². The maximum Gasteiger partial charge on any atom is 0.270 e. The molecule has 0 aliphatic heterocycles. The summed E-state index contributed by atoms with van der Waals surface area (Å²) in [4.78, 5) is 11.5. The van der Waals surface area contributed by atoms with Gasteiger partial charge in [0.2, 0.25) is 0 Å². The molecular formula is C12H13N5O3. The molecule has 0 bridgehead atoms. The Labute approximate surface area is 114 Å². The van der Waals surface area contributed by atoms with E-state index in [1.54, 1.807) is 25.3 Å². The lowest BCUT2D eigenvalue weighted by Gasteiger charge is -2.04. The van der Waals surface area contributed by atoms with Gasteiger partial charge < -0.3 is 9.47 Å². The predicted molar refractivity (Wildman–Crippen MR) is 70.8 cm³/mol. The van der Waals surface area contributed by atoms with Gasteiger partial charge in [-0.15, -0.1) is 5.10 Å². The van der Waals surface area contributed by atoms with Crippen LogP contribution in [0.1, 0.15) is 5.56 Å². The fourth-order valence-electron chi connectivity index (χ4n) is 1.34. The molecule has 2 rings (SSSR count). The number of benzene rings is 1. The maximum absolute atomic E-state index is 11.5. The number of carbonyl (C=O) groups excluding carboxylic acids is 1. The van der Waals surface area contributed by atoms with Gasteiger partial charge in [-0.3, -0.25) is 10.1 Å². The van der Waals surface area contributed by atoms with Crippen LogP contribution in [-0.4, -0.2) is 40.4 Å². The molecule has 2 N–H and O–H groups in total. The number of hydrogen-bond donors (Lipinski definition) is 2. The highest BCUT2D eigenvalue weighted by atomic mass is 16.7. The van der Waals surface area contributed by atoms with Crippen LogP contribution in [-0.2, 0) is 9.53 Å². The van der Waals surface area contributed by atoms with Gasteiger partial charge in [0.05, 0.1) is 0 Å². The molecule has 0 aliphatic carbocycles. The van der Waals surface area contributed by atoms with Gasteiger partial charge in [-0.2, -0.15) is 5.21 Å². The summed E-state index contributed by atoms with van der Waals surface area (Å²) in [6.45, 7) is 0.197. The monoisotopic (exact) mass is 275 g/mol. The number of ether oxygens (including phenoxy) is 2. The molecule has 8 nitrogen and oxygen atoms in total. The molecule has 1 amide bonds. The zero-order chi connectivity index (χ0) is 14.2. The van der Waals surface area contributed by atoms with E-state index < -0.39 is 0 Å². The normalized spacial score (nSPS) is 10.7. The Bertz CT molecular complexity index is 565. The average molecular weight is 275 g/mol. The van der Waals surface area contributed by atoms with E-state index in [9.17, 15) is 4.79 Å². The van der Waals surface area contributed by atoms with Gasteiger partial charge in [0.1, 0.15) is 5.75 Å². The summed E-state index contributed by atoms with van der Waals surface area (Å²) in [5.41, 5.74) is 0.859. The summed E-state index contributed by atoms with van der Waals surface area (Å²) < 4.78 is 10.0. The Morgan fingerprint density at radius 3 is 2.85 bits per heavy atom. The van der Waals surface area contributed by atoms with Crippen molar-refractivity contribution in [1.82, 2.24) is 20.6 Å². The number of methoxy groups -OCH3 is 1. The van der Waals surface area contributed by atoms with Crippen LogP contribution in [0.3, 0.4) is 0 Å². The molecule has 0 fully saturated rings. The predicted octanol–water partition coefficient (Wildman–Crippen LogP) is 0.834. The number of rotatable bonds is 6. The average Bonchev–Trinajstić information content (AvgIpc) is 2.97. The first-order chi connectivity index (χ1) is 9.78. The minimum absolute atomic E-state index is 0.128. The molecule has 1 heterocycles. The van der Waals surface area contributed by atoms with Gasteiger partial charge in [0.15, 0.2) is 6.79 Å². The maximum atomic E-state index is 11.5. The Hall–Kier alpha value is -2.74. The largest absolute Gasteiger partial charge is 0.468 e. The molecule has 1 aromatic carbocycles. The van der Waals surface area contributed by atoms with Crippen LogP contribution in [0.25, 0.3) is 6.08 Å². The second kappa shape index (κ2) is 7.00. The SMILES string of the molecule is COCOc1ccc(/C=C/C(=O)Nc2nn[nH]n2)cc1. The van der Waals surface area contributed by atoms with Crippen LogP contribution < -0.4 is 10.1 Å². The van der Waals surface area contributed by atoms with Gasteiger partial charge in [-0.05, 0) is 29.0 Å². The molecule has 0 unspecified atom stereocenters. The number of aromatic nitrogens is 4. The first-order valence-electron chi connectivity index (χ1n) is 5.72. The number of H-pyrrole nitrogens is 1. The van der Waals surface area contributed by atoms with E-state index in [1.165, 1.54) is 6.08 Å². The zero-order valence-electron chi connectivity index (χ0n) is 10.7. The van der Waals surface area contributed by atoms with Gasteiger partial charge in [-0.25, -0.2) is 0 Å². The van der Waals surface area contributed by atoms with Crippen molar-refractivity contribution in [3.05, 3.63) is 35.9 Å². The lowest BCUT2D eigenvalue weighted by Crippen LogP contribution is -2.09. The van der Waals surface area contributed by atoms with Crippen molar-refractivity contribution in [3.63, 3.8) is 0 Å². The van der Waals surface area contributed by atoms with E-state index in [-0.39, 0.29) is 18.6 Å². The summed E-state index contributed by atoms with van der Waals surface area (Å²) in [5.74, 6) is 0.481. The van der Waals surface area contributed by atoms with Crippen molar-refractivity contribution in [2.45, 2.75) is 0 Å². The molecular weight excluding hydrogens is 262 g/mol. The summed E-state index contributed by atoms with van der Waals surface area (Å²) in [5, 5.41) is 15.2. The van der Waals surface area contributed by atoms with Crippen molar-refractivity contribution >= 4 is 17.9 Å². The minimum Gasteiger partial charge on any atom is -0.468 e. The molecule has 0 saturated carbocycles. The molecule has 104 valence electrons. The van der Waals surface area contributed by atoms with E-state index in [4.69, 9.17) is 9.47 Å². The van der Waals surface area contributed by atoms with Crippen LogP contribution in [0.4, 0.5) is 5.95 Å². The Morgan fingerprint density at radius 1 is 1.40 bits per heavy atom. The summed E-state index contributed by atoms with van der Waals surface area (Å²) in [7, 11) is 1.56. The summed E-state index contributed by atoms with van der Waals surface area (Å²) >= 11 is 0. The minimum atomic E-state index is -0.342. The van der Waals surface area contributed by atoms with E-state index >= 15 is 0 Å². The quantitative estimate of drug-likeness (QED) is 0.598. The van der Waals surface area contributed by atoms with Crippen molar-refractivity contribution < 1.29 is 14.3 Å². The van der Waals surface area contributed by atoms with Crippen LogP contribution in [0.5, 0.6) is 5.75 Å². The van der Waals surface area contributed by atoms with Crippen molar-refractivity contribution in [2.75, 3.05) is 19.2 Å². The van der Waals surface area contributed by atoms with E-state index in [2.05, 4.69) is 25.9 Å². The fraction of sp³-hybridized carbons (Fsp3) is 0.167. The smallest absolute Gasteiger partial charge is 0.270 e. The van der Waals surface area contributed by atoms with Gasteiger partial charge in [-0.1, -0.05) is 17.2 Å². The van der Waals surface area contributed by atoms with E-state index in [1.807, 2.05) is 12.1 Å². The van der Waals surface area contributed by atoms with Gasteiger partial charge >= 0.3 is 0 Å². The number of tetrazole rings is 1.